The molecular formula is C11H16N4O3S. The number of nitrogens with one attached hydrogen (secondary N) is 1. The number of rotatable bonds is 5. The average Bonchev–Trinajstić information content (AvgIpc) is 2.88. The van der Waals surface area contributed by atoms with Crippen LogP contribution in [0.25, 0.3) is 0 Å². The lowest BCUT2D eigenvalue weighted by Crippen LogP contribution is -2.36. The number of hydrogen-bond donors (Lipinski definition) is 1. The first-order chi connectivity index (χ1) is 8.90. The fourth-order valence-electron chi connectivity index (χ4n) is 1.91. The standard InChI is InChI=1S/C11H16N4O3S/c1-8(7-15-6-4-5-12-15)14-19(16,17)11-9(2)13-18-10(11)3/h4-6,8,14H,7H2,1-3H3/t8-/m1/s1. The lowest BCUT2D eigenvalue weighted by atomic mass is 10.4. The average molecular weight is 284 g/mol. The van der Waals surface area contributed by atoms with Crippen molar-refractivity contribution in [3.05, 3.63) is 29.9 Å². The zero-order valence-corrected chi connectivity index (χ0v) is 11.8. The van der Waals surface area contributed by atoms with Gasteiger partial charge in [-0.3, -0.25) is 4.68 Å². The molecule has 2 aromatic rings. The third kappa shape index (κ3) is 3.02. The third-order valence-electron chi connectivity index (χ3n) is 2.61. The van der Waals surface area contributed by atoms with Gasteiger partial charge in [-0.15, -0.1) is 0 Å². The van der Waals surface area contributed by atoms with E-state index in [-0.39, 0.29) is 16.7 Å². The molecule has 0 aliphatic carbocycles. The molecule has 1 atom stereocenters. The molecule has 0 spiro atoms. The first kappa shape index (κ1) is 13.8. The van der Waals surface area contributed by atoms with Gasteiger partial charge in [0.1, 0.15) is 10.6 Å². The van der Waals surface area contributed by atoms with Crippen molar-refractivity contribution in [1.29, 1.82) is 0 Å². The van der Waals surface area contributed by atoms with Gasteiger partial charge >= 0.3 is 0 Å². The second-order valence-corrected chi connectivity index (χ2v) is 6.05. The largest absolute Gasteiger partial charge is 0.360 e. The maximum absolute atomic E-state index is 12.2. The molecule has 0 fully saturated rings. The lowest BCUT2D eigenvalue weighted by molar-refractivity contribution is 0.390. The van der Waals surface area contributed by atoms with Gasteiger partial charge in [-0.2, -0.15) is 5.10 Å². The van der Waals surface area contributed by atoms with Gasteiger partial charge in [0.25, 0.3) is 0 Å². The highest BCUT2D eigenvalue weighted by Crippen LogP contribution is 2.18. The van der Waals surface area contributed by atoms with Gasteiger partial charge in [-0.25, -0.2) is 13.1 Å². The normalized spacial score (nSPS) is 13.6. The zero-order valence-electron chi connectivity index (χ0n) is 11.0. The molecule has 0 radical (unpaired) electrons. The van der Waals surface area contributed by atoms with E-state index in [1.54, 1.807) is 43.9 Å². The summed E-state index contributed by atoms with van der Waals surface area (Å²) < 4.78 is 33.6. The maximum atomic E-state index is 12.2. The molecule has 104 valence electrons. The molecule has 1 N–H and O–H groups in total. The van der Waals surface area contributed by atoms with Gasteiger partial charge in [0.15, 0.2) is 5.76 Å². The van der Waals surface area contributed by atoms with Gasteiger partial charge in [-0.05, 0) is 26.8 Å². The summed E-state index contributed by atoms with van der Waals surface area (Å²) in [6.45, 7) is 5.41. The summed E-state index contributed by atoms with van der Waals surface area (Å²) in [6.07, 6.45) is 3.43. The molecule has 0 bridgehead atoms. The Bertz CT molecular complexity index is 626. The number of nitrogens with zero attached hydrogens (tertiary/aromatic N) is 3. The Kier molecular flexibility index (Phi) is 3.72. The van der Waals surface area contributed by atoms with Crippen LogP contribution in [0.4, 0.5) is 0 Å². The minimum absolute atomic E-state index is 0.111. The van der Waals surface area contributed by atoms with Crippen LogP contribution in [0.5, 0.6) is 0 Å². The number of aryl methyl sites for hydroxylation is 2. The minimum Gasteiger partial charge on any atom is -0.360 e. The van der Waals surface area contributed by atoms with E-state index in [1.165, 1.54) is 0 Å². The molecule has 0 aliphatic heterocycles. The molecule has 2 heterocycles. The SMILES string of the molecule is Cc1noc(C)c1S(=O)(=O)N[C@H](C)Cn1cccn1. The van der Waals surface area contributed by atoms with Crippen LogP contribution in [0, 0.1) is 13.8 Å². The molecule has 0 aliphatic rings. The summed E-state index contributed by atoms with van der Waals surface area (Å²) in [5, 5.41) is 7.69. The van der Waals surface area contributed by atoms with E-state index in [0.717, 1.165) is 0 Å². The highest BCUT2D eigenvalue weighted by Gasteiger charge is 2.25. The molecule has 0 unspecified atom stereocenters. The summed E-state index contributed by atoms with van der Waals surface area (Å²) in [6, 6.07) is 1.49. The summed E-state index contributed by atoms with van der Waals surface area (Å²) >= 11 is 0. The fraction of sp³-hybridized carbons (Fsp3) is 0.455. The van der Waals surface area contributed by atoms with Crippen molar-refractivity contribution in [1.82, 2.24) is 19.7 Å². The van der Waals surface area contributed by atoms with Crippen LogP contribution >= 0.6 is 0 Å². The summed E-state index contributed by atoms with van der Waals surface area (Å²) in [5.74, 6) is 0.288. The van der Waals surface area contributed by atoms with Crippen molar-refractivity contribution in [3.63, 3.8) is 0 Å². The molecule has 8 heteroatoms. The number of hydrogen-bond acceptors (Lipinski definition) is 5. The molecule has 2 aromatic heterocycles. The molecular weight excluding hydrogens is 268 g/mol. The Labute approximate surface area is 111 Å². The van der Waals surface area contributed by atoms with Crippen molar-refractivity contribution >= 4 is 10.0 Å². The Morgan fingerprint density at radius 1 is 1.47 bits per heavy atom. The Morgan fingerprint density at radius 2 is 2.21 bits per heavy atom. The molecule has 19 heavy (non-hydrogen) atoms. The first-order valence-corrected chi connectivity index (χ1v) is 7.31. The van der Waals surface area contributed by atoms with Crippen LogP contribution in [-0.2, 0) is 16.6 Å². The summed E-state index contributed by atoms with van der Waals surface area (Å²) in [4.78, 5) is 0.111. The lowest BCUT2D eigenvalue weighted by Gasteiger charge is -2.14. The van der Waals surface area contributed by atoms with Gasteiger partial charge in [0.2, 0.25) is 10.0 Å². The molecule has 0 saturated heterocycles. The fourth-order valence-corrected chi connectivity index (χ4v) is 3.47. The van der Waals surface area contributed by atoms with Crippen molar-refractivity contribution < 1.29 is 12.9 Å². The molecule has 0 amide bonds. The minimum atomic E-state index is -3.63. The monoisotopic (exact) mass is 284 g/mol. The second kappa shape index (κ2) is 5.14. The highest BCUT2D eigenvalue weighted by molar-refractivity contribution is 7.89. The quantitative estimate of drug-likeness (QED) is 0.879. The van der Waals surface area contributed by atoms with Crippen LogP contribution < -0.4 is 4.72 Å². The van der Waals surface area contributed by atoms with Gasteiger partial charge in [0, 0.05) is 18.4 Å². The van der Waals surface area contributed by atoms with Crippen molar-refractivity contribution in [2.24, 2.45) is 0 Å². The highest BCUT2D eigenvalue weighted by atomic mass is 32.2. The van der Waals surface area contributed by atoms with Crippen LogP contribution in [0.3, 0.4) is 0 Å². The second-order valence-electron chi connectivity index (χ2n) is 4.40. The molecule has 7 nitrogen and oxygen atoms in total. The van der Waals surface area contributed by atoms with Gasteiger partial charge in [-0.1, -0.05) is 5.16 Å². The zero-order chi connectivity index (χ0) is 14.0. The van der Waals surface area contributed by atoms with Crippen molar-refractivity contribution in [3.8, 4) is 0 Å². The molecule has 0 aromatic carbocycles. The number of aromatic nitrogens is 3. The smallest absolute Gasteiger partial charge is 0.246 e. The van der Waals surface area contributed by atoms with E-state index in [2.05, 4.69) is 15.0 Å². The van der Waals surface area contributed by atoms with Crippen molar-refractivity contribution in [2.75, 3.05) is 0 Å². The van der Waals surface area contributed by atoms with E-state index in [1.807, 2.05) is 0 Å². The third-order valence-corrected chi connectivity index (χ3v) is 4.45. The Balaban J connectivity index is 2.13. The van der Waals surface area contributed by atoms with Crippen LogP contribution in [-0.4, -0.2) is 29.4 Å². The predicted molar refractivity (Wildman–Crippen MR) is 68.0 cm³/mol. The molecule has 2 rings (SSSR count). The van der Waals surface area contributed by atoms with Crippen LogP contribution in [0.1, 0.15) is 18.4 Å². The first-order valence-electron chi connectivity index (χ1n) is 5.83. The van der Waals surface area contributed by atoms with E-state index < -0.39 is 10.0 Å². The van der Waals surface area contributed by atoms with E-state index in [0.29, 0.717) is 12.2 Å². The molecule has 0 saturated carbocycles. The van der Waals surface area contributed by atoms with E-state index in [9.17, 15) is 8.42 Å². The summed E-state index contributed by atoms with van der Waals surface area (Å²) in [5.41, 5.74) is 0.358. The topological polar surface area (TPSA) is 90.0 Å². The Morgan fingerprint density at radius 3 is 2.74 bits per heavy atom. The van der Waals surface area contributed by atoms with Crippen LogP contribution in [0.15, 0.2) is 27.9 Å². The predicted octanol–water partition coefficient (Wildman–Crippen LogP) is 0.855. The van der Waals surface area contributed by atoms with E-state index in [4.69, 9.17) is 4.52 Å². The maximum Gasteiger partial charge on any atom is 0.246 e. The number of sulfonamides is 1. The van der Waals surface area contributed by atoms with Crippen LogP contribution in [0.2, 0.25) is 0 Å². The van der Waals surface area contributed by atoms with E-state index >= 15 is 0 Å². The Hall–Kier alpha value is -1.67. The van der Waals surface area contributed by atoms with Crippen molar-refractivity contribution in [2.45, 2.75) is 38.3 Å². The van der Waals surface area contributed by atoms with Gasteiger partial charge in [0.05, 0.1) is 6.54 Å². The van der Waals surface area contributed by atoms with Gasteiger partial charge < -0.3 is 4.52 Å². The summed E-state index contributed by atoms with van der Waals surface area (Å²) in [7, 11) is -3.63.